The lowest BCUT2D eigenvalue weighted by Crippen LogP contribution is -2.42. The first-order chi connectivity index (χ1) is 13.2. The molecule has 0 radical (unpaired) electrons. The Kier molecular flexibility index (Phi) is 5.43. The van der Waals surface area contributed by atoms with Gasteiger partial charge in [-0.3, -0.25) is 9.89 Å². The zero-order valence-electron chi connectivity index (χ0n) is 15.8. The Morgan fingerprint density at radius 1 is 1.26 bits per heavy atom. The number of morpholine rings is 1. The number of nitrogens with zero attached hydrogens (tertiary/aromatic N) is 2. The Bertz CT molecular complexity index is 782. The van der Waals surface area contributed by atoms with Gasteiger partial charge in [-0.25, -0.2) is 0 Å². The predicted octanol–water partition coefficient (Wildman–Crippen LogP) is 3.68. The van der Waals surface area contributed by atoms with Crippen molar-refractivity contribution in [1.82, 2.24) is 15.1 Å². The largest absolute Gasteiger partial charge is 0.497 e. The third-order valence-electron chi connectivity index (χ3n) is 5.68. The quantitative estimate of drug-likeness (QED) is 0.893. The van der Waals surface area contributed by atoms with Crippen molar-refractivity contribution in [2.24, 2.45) is 0 Å². The van der Waals surface area contributed by atoms with Crippen LogP contribution < -0.4 is 4.74 Å². The van der Waals surface area contributed by atoms with Crippen molar-refractivity contribution in [3.05, 3.63) is 47.3 Å². The summed E-state index contributed by atoms with van der Waals surface area (Å²) >= 11 is 0. The molecule has 1 aliphatic carbocycles. The van der Waals surface area contributed by atoms with Crippen molar-refractivity contribution in [3.63, 3.8) is 0 Å². The number of ether oxygens (including phenoxy) is 2. The van der Waals surface area contributed by atoms with Gasteiger partial charge in [0.25, 0.3) is 5.91 Å². The van der Waals surface area contributed by atoms with Crippen LogP contribution in [0.15, 0.2) is 30.3 Å². The van der Waals surface area contributed by atoms with Crippen LogP contribution >= 0.6 is 0 Å². The van der Waals surface area contributed by atoms with Crippen molar-refractivity contribution < 1.29 is 14.3 Å². The van der Waals surface area contributed by atoms with Crippen molar-refractivity contribution in [1.29, 1.82) is 0 Å². The molecule has 6 nitrogen and oxygen atoms in total. The van der Waals surface area contributed by atoms with Gasteiger partial charge in [-0.05, 0) is 36.6 Å². The highest BCUT2D eigenvalue weighted by atomic mass is 16.5. The van der Waals surface area contributed by atoms with Gasteiger partial charge in [0.05, 0.1) is 20.3 Å². The fraction of sp³-hybridized carbons (Fsp3) is 0.524. The lowest BCUT2D eigenvalue weighted by Gasteiger charge is -2.32. The SMILES string of the molecule is COc1cccc(C2CN(C(=O)c3cc(C4CCCCC4)[nH]n3)CCO2)c1. The van der Waals surface area contributed by atoms with Crippen LogP contribution in [-0.4, -0.2) is 47.8 Å². The zero-order valence-corrected chi connectivity index (χ0v) is 15.8. The second kappa shape index (κ2) is 8.13. The Balaban J connectivity index is 1.44. The van der Waals surface area contributed by atoms with Crippen molar-refractivity contribution in [2.45, 2.75) is 44.1 Å². The summed E-state index contributed by atoms with van der Waals surface area (Å²) in [6.07, 6.45) is 6.07. The van der Waals surface area contributed by atoms with Gasteiger partial charge in [0, 0.05) is 18.2 Å². The van der Waals surface area contributed by atoms with Gasteiger partial charge in [-0.15, -0.1) is 0 Å². The number of amides is 1. The molecule has 1 aliphatic heterocycles. The number of carbonyl (C=O) groups excluding carboxylic acids is 1. The van der Waals surface area contributed by atoms with Gasteiger partial charge in [-0.1, -0.05) is 31.4 Å². The van der Waals surface area contributed by atoms with Gasteiger partial charge >= 0.3 is 0 Å². The van der Waals surface area contributed by atoms with E-state index in [2.05, 4.69) is 10.2 Å². The molecule has 0 bridgehead atoms. The average Bonchev–Trinajstić information content (AvgIpc) is 3.24. The summed E-state index contributed by atoms with van der Waals surface area (Å²) < 4.78 is 11.2. The van der Waals surface area contributed by atoms with E-state index in [1.165, 1.54) is 32.1 Å². The Labute approximate surface area is 159 Å². The molecule has 1 aromatic heterocycles. The molecule has 1 N–H and O–H groups in total. The minimum absolute atomic E-state index is 0.0236. The van der Waals surface area contributed by atoms with Gasteiger partial charge < -0.3 is 14.4 Å². The molecule has 1 saturated heterocycles. The third-order valence-corrected chi connectivity index (χ3v) is 5.68. The summed E-state index contributed by atoms with van der Waals surface area (Å²) in [6, 6.07) is 9.79. The van der Waals surface area contributed by atoms with Gasteiger partial charge in [0.15, 0.2) is 0 Å². The molecule has 144 valence electrons. The van der Waals surface area contributed by atoms with Crippen LogP contribution in [0.2, 0.25) is 0 Å². The van der Waals surface area contributed by atoms with Crippen LogP contribution in [0, 0.1) is 0 Å². The van der Waals surface area contributed by atoms with E-state index in [9.17, 15) is 4.79 Å². The van der Waals surface area contributed by atoms with Crippen LogP contribution in [0.3, 0.4) is 0 Å². The summed E-state index contributed by atoms with van der Waals surface area (Å²) in [5.74, 6) is 1.29. The number of nitrogens with one attached hydrogen (secondary N) is 1. The van der Waals surface area contributed by atoms with Crippen molar-refractivity contribution in [3.8, 4) is 5.75 Å². The molecule has 1 atom stereocenters. The summed E-state index contributed by atoms with van der Waals surface area (Å²) in [7, 11) is 1.65. The van der Waals surface area contributed by atoms with Crippen LogP contribution in [0.4, 0.5) is 0 Å². The number of rotatable bonds is 4. The maximum Gasteiger partial charge on any atom is 0.274 e. The lowest BCUT2D eigenvalue weighted by atomic mass is 9.87. The summed E-state index contributed by atoms with van der Waals surface area (Å²) in [4.78, 5) is 14.8. The normalized spacial score (nSPS) is 21.2. The average molecular weight is 369 g/mol. The molecule has 6 heteroatoms. The monoisotopic (exact) mass is 369 g/mol. The molecule has 1 aromatic carbocycles. The molecule has 2 aromatic rings. The van der Waals surface area contributed by atoms with Gasteiger partial charge in [0.1, 0.15) is 17.5 Å². The highest BCUT2D eigenvalue weighted by Gasteiger charge is 2.28. The number of benzene rings is 1. The third kappa shape index (κ3) is 4.00. The summed E-state index contributed by atoms with van der Waals surface area (Å²) in [5, 5.41) is 7.42. The van der Waals surface area contributed by atoms with E-state index in [0.717, 1.165) is 17.0 Å². The molecule has 1 saturated carbocycles. The van der Waals surface area contributed by atoms with Crippen LogP contribution in [-0.2, 0) is 4.74 Å². The molecular formula is C21H27N3O3. The second-order valence-electron chi connectivity index (χ2n) is 7.43. The highest BCUT2D eigenvalue weighted by molar-refractivity contribution is 5.92. The number of methoxy groups -OCH3 is 1. The molecule has 2 fully saturated rings. The van der Waals surface area contributed by atoms with E-state index in [0.29, 0.717) is 31.3 Å². The fourth-order valence-corrected chi connectivity index (χ4v) is 4.11. The number of aromatic amines is 1. The first-order valence-corrected chi connectivity index (χ1v) is 9.84. The number of aromatic nitrogens is 2. The van der Waals surface area contributed by atoms with E-state index in [-0.39, 0.29) is 12.0 Å². The Hall–Kier alpha value is -2.34. The van der Waals surface area contributed by atoms with Crippen LogP contribution in [0.1, 0.15) is 65.9 Å². The van der Waals surface area contributed by atoms with E-state index in [1.807, 2.05) is 35.2 Å². The molecule has 1 unspecified atom stereocenters. The van der Waals surface area contributed by atoms with Crippen molar-refractivity contribution in [2.75, 3.05) is 26.8 Å². The summed E-state index contributed by atoms with van der Waals surface area (Å²) in [5.41, 5.74) is 2.65. The topological polar surface area (TPSA) is 67.5 Å². The van der Waals surface area contributed by atoms with E-state index in [1.54, 1.807) is 7.11 Å². The Morgan fingerprint density at radius 2 is 2.11 bits per heavy atom. The van der Waals surface area contributed by atoms with E-state index in [4.69, 9.17) is 9.47 Å². The number of hydrogen-bond donors (Lipinski definition) is 1. The zero-order chi connectivity index (χ0) is 18.6. The molecule has 1 amide bonds. The highest BCUT2D eigenvalue weighted by Crippen LogP contribution is 2.32. The van der Waals surface area contributed by atoms with Crippen LogP contribution in [0.25, 0.3) is 0 Å². The fourth-order valence-electron chi connectivity index (χ4n) is 4.11. The van der Waals surface area contributed by atoms with Crippen molar-refractivity contribution >= 4 is 5.91 Å². The maximum absolute atomic E-state index is 13.0. The number of H-pyrrole nitrogens is 1. The number of hydrogen-bond acceptors (Lipinski definition) is 4. The van der Waals surface area contributed by atoms with E-state index >= 15 is 0 Å². The summed E-state index contributed by atoms with van der Waals surface area (Å²) in [6.45, 7) is 1.63. The van der Waals surface area contributed by atoms with Gasteiger partial charge in [0.2, 0.25) is 0 Å². The minimum Gasteiger partial charge on any atom is -0.497 e. The maximum atomic E-state index is 13.0. The van der Waals surface area contributed by atoms with E-state index < -0.39 is 0 Å². The minimum atomic E-state index is -0.144. The standard InChI is InChI=1S/C21H27N3O3/c1-26-17-9-5-8-16(12-17)20-14-24(10-11-27-20)21(25)19-13-18(22-23-19)15-6-3-2-4-7-15/h5,8-9,12-13,15,20H,2-4,6-7,10-11,14H2,1H3,(H,22,23). The molecule has 2 heterocycles. The molecule has 0 spiro atoms. The molecule has 2 aliphatic rings. The number of carbonyl (C=O) groups is 1. The lowest BCUT2D eigenvalue weighted by molar-refractivity contribution is -0.0230. The predicted molar refractivity (Wildman–Crippen MR) is 102 cm³/mol. The molecule has 27 heavy (non-hydrogen) atoms. The van der Waals surface area contributed by atoms with Crippen LogP contribution in [0.5, 0.6) is 5.75 Å². The molecule has 4 rings (SSSR count). The Morgan fingerprint density at radius 3 is 2.93 bits per heavy atom. The smallest absolute Gasteiger partial charge is 0.274 e. The first kappa shape index (κ1) is 18.0. The second-order valence-corrected chi connectivity index (χ2v) is 7.43. The first-order valence-electron chi connectivity index (χ1n) is 9.84. The van der Waals surface area contributed by atoms with Gasteiger partial charge in [-0.2, -0.15) is 5.10 Å². The molecular weight excluding hydrogens is 342 g/mol.